The van der Waals surface area contributed by atoms with Crippen molar-refractivity contribution >= 4 is 11.6 Å². The molecule has 0 spiro atoms. The van der Waals surface area contributed by atoms with Gasteiger partial charge in [-0.05, 0) is 26.0 Å². The van der Waals surface area contributed by atoms with Gasteiger partial charge in [0.25, 0.3) is 5.56 Å². The van der Waals surface area contributed by atoms with Crippen LogP contribution in [-0.4, -0.2) is 46.8 Å². The summed E-state index contributed by atoms with van der Waals surface area (Å²) in [4.78, 5) is 23.5. The molecule has 3 aromatic rings. The number of aryl methyl sites for hydroxylation is 2. The Labute approximate surface area is 174 Å². The Hall–Kier alpha value is -3.29. The van der Waals surface area contributed by atoms with Crippen molar-refractivity contribution < 1.29 is 14.2 Å². The molecule has 5 rings (SSSR count). The quantitative estimate of drug-likeness (QED) is 0.659. The fraction of sp³-hybridized carbons (Fsp3) is 0.409. The van der Waals surface area contributed by atoms with Crippen molar-refractivity contribution in [1.82, 2.24) is 14.4 Å². The summed E-state index contributed by atoms with van der Waals surface area (Å²) in [7, 11) is 0. The fourth-order valence-corrected chi connectivity index (χ4v) is 4.02. The molecule has 0 unspecified atom stereocenters. The molecule has 30 heavy (non-hydrogen) atoms. The van der Waals surface area contributed by atoms with Gasteiger partial charge in [-0.3, -0.25) is 9.20 Å². The first kappa shape index (κ1) is 18.7. The van der Waals surface area contributed by atoms with E-state index in [1.165, 1.54) is 10.5 Å². The summed E-state index contributed by atoms with van der Waals surface area (Å²) in [5.74, 6) is 3.63. The first-order valence-electron chi connectivity index (χ1n) is 10.3. The van der Waals surface area contributed by atoms with Gasteiger partial charge in [0.1, 0.15) is 30.9 Å². The molecule has 0 bridgehead atoms. The summed E-state index contributed by atoms with van der Waals surface area (Å²) in [5, 5.41) is 0. The maximum Gasteiger partial charge on any atom is 0.259 e. The van der Waals surface area contributed by atoms with Crippen LogP contribution in [0.25, 0.3) is 5.78 Å². The number of ether oxygens (including phenoxy) is 3. The summed E-state index contributed by atoms with van der Waals surface area (Å²) in [6.45, 7) is 6.59. The van der Waals surface area contributed by atoms with E-state index in [0.29, 0.717) is 24.7 Å². The van der Waals surface area contributed by atoms with E-state index in [4.69, 9.17) is 14.2 Å². The van der Waals surface area contributed by atoms with Crippen LogP contribution in [-0.2, 0) is 0 Å². The Bertz CT molecular complexity index is 1150. The number of anilines is 1. The lowest BCUT2D eigenvalue weighted by atomic mass is 10.1. The van der Waals surface area contributed by atoms with Crippen LogP contribution in [0.5, 0.6) is 17.2 Å². The van der Waals surface area contributed by atoms with Crippen LogP contribution in [0.4, 0.5) is 5.82 Å². The molecule has 1 aromatic carbocycles. The Morgan fingerprint density at radius 3 is 2.60 bits per heavy atom. The topological polar surface area (TPSA) is 78.2 Å². The number of hydrogen-bond acceptors (Lipinski definition) is 7. The SMILES string of the molecule is Cc1cc(=O)n2cc(C)c(N3CCC(Oc4ccc5c(c4)OCCO5)CC3)nc2n1. The molecule has 156 valence electrons. The van der Waals surface area contributed by atoms with Gasteiger partial charge in [0.15, 0.2) is 11.5 Å². The molecule has 0 radical (unpaired) electrons. The van der Waals surface area contributed by atoms with E-state index < -0.39 is 0 Å². The zero-order valence-corrected chi connectivity index (χ0v) is 17.1. The minimum absolute atomic E-state index is 0.105. The Morgan fingerprint density at radius 2 is 1.80 bits per heavy atom. The largest absolute Gasteiger partial charge is 0.490 e. The maximum absolute atomic E-state index is 12.2. The fourth-order valence-electron chi connectivity index (χ4n) is 4.02. The smallest absolute Gasteiger partial charge is 0.259 e. The molecule has 0 atom stereocenters. The molecule has 8 heteroatoms. The van der Waals surface area contributed by atoms with Crippen LogP contribution < -0.4 is 24.7 Å². The van der Waals surface area contributed by atoms with Crippen LogP contribution in [0.15, 0.2) is 35.3 Å². The van der Waals surface area contributed by atoms with Gasteiger partial charge in [0.2, 0.25) is 5.78 Å². The van der Waals surface area contributed by atoms with Gasteiger partial charge in [-0.15, -0.1) is 0 Å². The summed E-state index contributed by atoms with van der Waals surface area (Å²) >= 11 is 0. The van der Waals surface area contributed by atoms with Crippen LogP contribution in [0.1, 0.15) is 24.1 Å². The molecule has 0 aliphatic carbocycles. The molecule has 2 aliphatic rings. The molecular formula is C22H24N4O4. The average molecular weight is 408 g/mol. The van der Waals surface area contributed by atoms with Gasteiger partial charge >= 0.3 is 0 Å². The lowest BCUT2D eigenvalue weighted by molar-refractivity contribution is 0.159. The van der Waals surface area contributed by atoms with Crippen molar-refractivity contribution in [2.24, 2.45) is 0 Å². The number of fused-ring (bicyclic) bond motifs is 2. The molecule has 2 aliphatic heterocycles. The molecule has 8 nitrogen and oxygen atoms in total. The third-order valence-electron chi connectivity index (χ3n) is 5.50. The van der Waals surface area contributed by atoms with Crippen LogP contribution in [0.2, 0.25) is 0 Å². The summed E-state index contributed by atoms with van der Waals surface area (Å²) in [6.07, 6.45) is 3.72. The highest BCUT2D eigenvalue weighted by Gasteiger charge is 2.24. The monoisotopic (exact) mass is 408 g/mol. The molecule has 0 saturated carbocycles. The van der Waals surface area contributed by atoms with E-state index in [-0.39, 0.29) is 11.7 Å². The minimum atomic E-state index is -0.105. The third-order valence-corrected chi connectivity index (χ3v) is 5.50. The van der Waals surface area contributed by atoms with Crippen molar-refractivity contribution in [2.75, 3.05) is 31.2 Å². The lowest BCUT2D eigenvalue weighted by Gasteiger charge is -2.33. The van der Waals surface area contributed by atoms with Crippen LogP contribution in [0.3, 0.4) is 0 Å². The summed E-state index contributed by atoms with van der Waals surface area (Å²) in [5.41, 5.74) is 1.53. The Morgan fingerprint density at radius 1 is 1.03 bits per heavy atom. The predicted molar refractivity (Wildman–Crippen MR) is 112 cm³/mol. The van der Waals surface area contributed by atoms with Gasteiger partial charge in [0, 0.05) is 55.5 Å². The number of benzene rings is 1. The van der Waals surface area contributed by atoms with E-state index in [2.05, 4.69) is 14.9 Å². The Balaban J connectivity index is 1.29. The van der Waals surface area contributed by atoms with E-state index >= 15 is 0 Å². The third kappa shape index (κ3) is 3.53. The summed E-state index contributed by atoms with van der Waals surface area (Å²) < 4.78 is 18.9. The highest BCUT2D eigenvalue weighted by Crippen LogP contribution is 2.34. The number of rotatable bonds is 3. The second-order valence-electron chi connectivity index (χ2n) is 7.76. The molecule has 0 amide bonds. The van der Waals surface area contributed by atoms with E-state index in [0.717, 1.165) is 54.6 Å². The van der Waals surface area contributed by atoms with Gasteiger partial charge < -0.3 is 19.1 Å². The highest BCUT2D eigenvalue weighted by atomic mass is 16.6. The molecule has 1 saturated heterocycles. The van der Waals surface area contributed by atoms with Crippen LogP contribution >= 0.6 is 0 Å². The van der Waals surface area contributed by atoms with Gasteiger partial charge in [0.05, 0.1) is 0 Å². The summed E-state index contributed by atoms with van der Waals surface area (Å²) in [6, 6.07) is 7.26. The van der Waals surface area contributed by atoms with Crippen molar-refractivity contribution in [3.8, 4) is 17.2 Å². The number of nitrogens with zero attached hydrogens (tertiary/aromatic N) is 4. The van der Waals surface area contributed by atoms with Gasteiger partial charge in [-0.25, -0.2) is 4.98 Å². The highest BCUT2D eigenvalue weighted by molar-refractivity contribution is 5.51. The number of hydrogen-bond donors (Lipinski definition) is 0. The second-order valence-corrected chi connectivity index (χ2v) is 7.76. The zero-order chi connectivity index (χ0) is 20.7. The van der Waals surface area contributed by atoms with Crippen LogP contribution in [0, 0.1) is 13.8 Å². The first-order chi connectivity index (χ1) is 14.6. The molecule has 0 N–H and O–H groups in total. The van der Waals surface area contributed by atoms with E-state index in [1.807, 2.05) is 38.2 Å². The minimum Gasteiger partial charge on any atom is -0.490 e. The standard InChI is InChI=1S/C22H24N4O4/c1-14-13-26-20(27)11-15(2)23-22(26)24-21(14)25-7-5-16(6-8-25)30-17-3-4-18-19(12-17)29-10-9-28-18/h3-4,11-13,16H,5-10H2,1-2H3. The normalized spacial score (nSPS) is 16.7. The number of aromatic nitrogens is 3. The molecular weight excluding hydrogens is 384 g/mol. The second kappa shape index (κ2) is 7.51. The molecule has 1 fully saturated rings. The average Bonchev–Trinajstić information content (AvgIpc) is 2.74. The Kier molecular flexibility index (Phi) is 4.69. The van der Waals surface area contributed by atoms with Crippen molar-refractivity contribution in [3.05, 3.63) is 52.1 Å². The predicted octanol–water partition coefficient (Wildman–Crippen LogP) is 2.53. The van der Waals surface area contributed by atoms with Crippen molar-refractivity contribution in [1.29, 1.82) is 0 Å². The van der Waals surface area contributed by atoms with Gasteiger partial charge in [-0.1, -0.05) is 0 Å². The molecule has 4 heterocycles. The van der Waals surface area contributed by atoms with E-state index in [1.54, 1.807) is 0 Å². The molecule has 2 aromatic heterocycles. The van der Waals surface area contributed by atoms with Gasteiger partial charge in [-0.2, -0.15) is 4.98 Å². The first-order valence-corrected chi connectivity index (χ1v) is 10.3. The number of piperidine rings is 1. The van der Waals surface area contributed by atoms with E-state index in [9.17, 15) is 4.79 Å². The lowest BCUT2D eigenvalue weighted by Crippen LogP contribution is -2.39. The zero-order valence-electron chi connectivity index (χ0n) is 17.1. The van der Waals surface area contributed by atoms with Crippen molar-refractivity contribution in [2.45, 2.75) is 32.8 Å². The maximum atomic E-state index is 12.2. The van der Waals surface area contributed by atoms with Crippen molar-refractivity contribution in [3.63, 3.8) is 0 Å².